The Kier molecular flexibility index (Phi) is 9.17. The van der Waals surface area contributed by atoms with Crippen LogP contribution < -0.4 is 11.1 Å². The molecule has 5 nitrogen and oxygen atoms in total. The SMILES string of the molecule is C=C(C)NCC(=O)N(C)CC(=O)C(C)(C)N.CC. The summed E-state index contributed by atoms with van der Waals surface area (Å²) < 4.78 is 0. The van der Waals surface area contributed by atoms with Gasteiger partial charge in [0, 0.05) is 12.7 Å². The minimum Gasteiger partial charge on any atom is -0.380 e. The van der Waals surface area contributed by atoms with Crippen molar-refractivity contribution in [1.29, 1.82) is 0 Å². The van der Waals surface area contributed by atoms with E-state index < -0.39 is 5.54 Å². The standard InChI is InChI=1S/C11H21N3O2.C2H6/c1-8(2)13-6-10(16)14(5)7-9(15)11(3,4)12;1-2/h13H,1,6-7,12H2,2-5H3;1-2H3. The van der Waals surface area contributed by atoms with E-state index in [1.165, 1.54) is 4.90 Å². The van der Waals surface area contributed by atoms with Crippen LogP contribution in [-0.4, -0.2) is 42.3 Å². The normalized spacial score (nSPS) is 9.94. The van der Waals surface area contributed by atoms with E-state index in [1.807, 2.05) is 13.8 Å². The molecule has 5 heteroatoms. The van der Waals surface area contributed by atoms with Crippen molar-refractivity contribution in [2.75, 3.05) is 20.1 Å². The maximum atomic E-state index is 11.6. The Labute approximate surface area is 110 Å². The van der Waals surface area contributed by atoms with Crippen molar-refractivity contribution in [2.24, 2.45) is 5.73 Å². The highest BCUT2D eigenvalue weighted by Gasteiger charge is 2.24. The van der Waals surface area contributed by atoms with Crippen molar-refractivity contribution in [1.82, 2.24) is 10.2 Å². The van der Waals surface area contributed by atoms with Gasteiger partial charge in [-0.1, -0.05) is 20.4 Å². The smallest absolute Gasteiger partial charge is 0.242 e. The molecule has 0 rings (SSSR count). The van der Waals surface area contributed by atoms with Crippen LogP contribution in [0.3, 0.4) is 0 Å². The Morgan fingerprint density at radius 3 is 2.11 bits per heavy atom. The third-order valence-corrected chi connectivity index (χ3v) is 2.07. The van der Waals surface area contributed by atoms with Crippen molar-refractivity contribution < 1.29 is 9.59 Å². The van der Waals surface area contributed by atoms with Crippen LogP contribution in [0.25, 0.3) is 0 Å². The molecule has 0 saturated carbocycles. The molecular formula is C13H27N3O2. The number of carbonyl (C=O) groups is 2. The molecule has 0 atom stereocenters. The summed E-state index contributed by atoms with van der Waals surface area (Å²) in [5.74, 6) is -0.334. The Morgan fingerprint density at radius 1 is 1.33 bits per heavy atom. The molecular weight excluding hydrogens is 230 g/mol. The zero-order chi connectivity index (χ0) is 14.9. The Balaban J connectivity index is 0. The maximum Gasteiger partial charge on any atom is 0.242 e. The summed E-state index contributed by atoms with van der Waals surface area (Å²) in [7, 11) is 1.58. The summed E-state index contributed by atoms with van der Waals surface area (Å²) in [6.45, 7) is 12.8. The van der Waals surface area contributed by atoms with Gasteiger partial charge >= 0.3 is 0 Å². The van der Waals surface area contributed by atoms with Crippen molar-refractivity contribution >= 4 is 11.7 Å². The van der Waals surface area contributed by atoms with Gasteiger partial charge in [0.15, 0.2) is 5.78 Å². The van der Waals surface area contributed by atoms with E-state index in [0.29, 0.717) is 5.70 Å². The third kappa shape index (κ3) is 8.75. The third-order valence-electron chi connectivity index (χ3n) is 2.07. The molecule has 0 aromatic rings. The lowest BCUT2D eigenvalue weighted by Crippen LogP contribution is -2.48. The average Bonchev–Trinajstić information content (AvgIpc) is 2.27. The summed E-state index contributed by atoms with van der Waals surface area (Å²) in [5, 5.41) is 2.81. The first-order valence-electron chi connectivity index (χ1n) is 6.10. The van der Waals surface area contributed by atoms with Gasteiger partial charge in [-0.2, -0.15) is 0 Å². The van der Waals surface area contributed by atoms with E-state index >= 15 is 0 Å². The summed E-state index contributed by atoms with van der Waals surface area (Å²) in [6, 6.07) is 0. The zero-order valence-electron chi connectivity index (χ0n) is 12.5. The van der Waals surface area contributed by atoms with E-state index in [9.17, 15) is 9.59 Å². The van der Waals surface area contributed by atoms with E-state index in [2.05, 4.69) is 11.9 Å². The quantitative estimate of drug-likeness (QED) is 0.741. The number of nitrogens with zero attached hydrogens (tertiary/aromatic N) is 1. The highest BCUT2D eigenvalue weighted by atomic mass is 16.2. The largest absolute Gasteiger partial charge is 0.380 e. The summed E-state index contributed by atoms with van der Waals surface area (Å²) in [5.41, 5.74) is 5.44. The second-order valence-corrected chi connectivity index (χ2v) is 4.53. The van der Waals surface area contributed by atoms with Gasteiger partial charge < -0.3 is 16.0 Å². The van der Waals surface area contributed by atoms with E-state index in [1.54, 1.807) is 27.8 Å². The van der Waals surface area contributed by atoms with Crippen LogP contribution >= 0.6 is 0 Å². The number of Topliss-reactive ketones (excluding diaryl/α,β-unsaturated/α-hetero) is 1. The minimum absolute atomic E-state index is 0.0280. The molecule has 0 fully saturated rings. The number of amides is 1. The average molecular weight is 257 g/mol. The lowest BCUT2D eigenvalue weighted by Gasteiger charge is -2.22. The maximum absolute atomic E-state index is 11.6. The van der Waals surface area contributed by atoms with Crippen LogP contribution in [0, 0.1) is 0 Å². The highest BCUT2D eigenvalue weighted by molar-refractivity contribution is 5.92. The molecule has 0 aliphatic rings. The van der Waals surface area contributed by atoms with Gasteiger partial charge in [0.05, 0.1) is 18.6 Å². The number of carbonyl (C=O) groups excluding carboxylic acids is 2. The predicted molar refractivity (Wildman–Crippen MR) is 75.1 cm³/mol. The van der Waals surface area contributed by atoms with Crippen molar-refractivity contribution in [3.05, 3.63) is 12.3 Å². The highest BCUT2D eigenvalue weighted by Crippen LogP contribution is 2.00. The number of allylic oxidation sites excluding steroid dienone is 1. The van der Waals surface area contributed by atoms with Gasteiger partial charge in [0.2, 0.25) is 5.91 Å². The molecule has 0 saturated heterocycles. The first-order chi connectivity index (χ1) is 8.14. The molecule has 3 N–H and O–H groups in total. The first kappa shape index (κ1) is 19.0. The topological polar surface area (TPSA) is 75.4 Å². The summed E-state index contributed by atoms with van der Waals surface area (Å²) in [6.07, 6.45) is 0. The molecule has 106 valence electrons. The number of likely N-dealkylation sites (N-methyl/N-ethyl adjacent to an activating group) is 1. The van der Waals surface area contributed by atoms with Gasteiger partial charge in [-0.15, -0.1) is 0 Å². The number of nitrogens with two attached hydrogens (primary N) is 1. The Bertz CT molecular complexity index is 293. The second-order valence-electron chi connectivity index (χ2n) is 4.53. The zero-order valence-corrected chi connectivity index (χ0v) is 12.5. The number of hydrogen-bond acceptors (Lipinski definition) is 4. The van der Waals surface area contributed by atoms with Crippen molar-refractivity contribution in [3.63, 3.8) is 0 Å². The van der Waals surface area contributed by atoms with Crippen LogP contribution in [0.2, 0.25) is 0 Å². The summed E-state index contributed by atoms with van der Waals surface area (Å²) >= 11 is 0. The number of hydrogen-bond donors (Lipinski definition) is 2. The molecule has 0 unspecified atom stereocenters. The van der Waals surface area contributed by atoms with Crippen LogP contribution in [0.4, 0.5) is 0 Å². The summed E-state index contributed by atoms with van der Waals surface area (Å²) in [4.78, 5) is 24.5. The van der Waals surface area contributed by atoms with E-state index in [-0.39, 0.29) is 24.8 Å². The molecule has 0 aromatic heterocycles. The van der Waals surface area contributed by atoms with E-state index in [4.69, 9.17) is 5.73 Å². The Hall–Kier alpha value is -1.36. The first-order valence-corrected chi connectivity index (χ1v) is 6.10. The van der Waals surface area contributed by atoms with Crippen molar-refractivity contribution in [2.45, 2.75) is 40.2 Å². The molecule has 0 aromatic carbocycles. The molecule has 0 aliphatic carbocycles. The van der Waals surface area contributed by atoms with Gasteiger partial charge in [0.1, 0.15) is 0 Å². The fourth-order valence-electron chi connectivity index (χ4n) is 0.869. The van der Waals surface area contributed by atoms with Crippen molar-refractivity contribution in [3.8, 4) is 0 Å². The minimum atomic E-state index is -0.906. The fourth-order valence-corrected chi connectivity index (χ4v) is 0.869. The lowest BCUT2D eigenvalue weighted by molar-refractivity contribution is -0.134. The lowest BCUT2D eigenvalue weighted by atomic mass is 10.0. The predicted octanol–water partition coefficient (Wildman–Crippen LogP) is 0.901. The van der Waals surface area contributed by atoms with Gasteiger partial charge in [-0.25, -0.2) is 0 Å². The van der Waals surface area contributed by atoms with Crippen LogP contribution in [0.5, 0.6) is 0 Å². The molecule has 0 bridgehead atoms. The van der Waals surface area contributed by atoms with Gasteiger partial charge in [-0.3, -0.25) is 9.59 Å². The molecule has 1 amide bonds. The van der Waals surface area contributed by atoms with Gasteiger partial charge in [0.25, 0.3) is 0 Å². The molecule has 0 radical (unpaired) electrons. The number of rotatable bonds is 6. The molecule has 0 aliphatic heterocycles. The van der Waals surface area contributed by atoms with Crippen LogP contribution in [0.15, 0.2) is 12.3 Å². The number of nitrogens with one attached hydrogen (secondary N) is 1. The monoisotopic (exact) mass is 257 g/mol. The van der Waals surface area contributed by atoms with Gasteiger partial charge in [-0.05, 0) is 20.8 Å². The molecule has 0 heterocycles. The second kappa shape index (κ2) is 8.69. The number of ketones is 1. The molecule has 0 spiro atoms. The fraction of sp³-hybridized carbons (Fsp3) is 0.692. The van der Waals surface area contributed by atoms with E-state index in [0.717, 1.165) is 0 Å². The molecule has 18 heavy (non-hydrogen) atoms. The van der Waals surface area contributed by atoms with Crippen LogP contribution in [-0.2, 0) is 9.59 Å². The van der Waals surface area contributed by atoms with Crippen LogP contribution in [0.1, 0.15) is 34.6 Å². The Morgan fingerprint density at radius 2 is 1.78 bits per heavy atom.